The van der Waals surface area contributed by atoms with Crippen molar-refractivity contribution in [2.45, 2.75) is 32.5 Å². The Kier molecular flexibility index (Phi) is 4.55. The van der Waals surface area contributed by atoms with Gasteiger partial charge >= 0.3 is 0 Å². The fourth-order valence-corrected chi connectivity index (χ4v) is 3.58. The molecule has 2 aromatic rings. The Morgan fingerprint density at radius 1 is 1.27 bits per heavy atom. The summed E-state index contributed by atoms with van der Waals surface area (Å²) in [4.78, 5) is 18.9. The molecule has 1 aliphatic rings. The lowest BCUT2D eigenvalue weighted by atomic mass is 10.2. The molecule has 0 unspecified atom stereocenters. The van der Waals surface area contributed by atoms with E-state index in [4.69, 9.17) is 4.74 Å². The quantitative estimate of drug-likeness (QED) is 0.874. The first-order chi connectivity index (χ1) is 10.6. The van der Waals surface area contributed by atoms with Gasteiger partial charge in [-0.3, -0.25) is 4.79 Å². The van der Waals surface area contributed by atoms with Crippen molar-refractivity contribution in [3.63, 3.8) is 0 Å². The van der Waals surface area contributed by atoms with Gasteiger partial charge in [-0.25, -0.2) is 4.98 Å². The van der Waals surface area contributed by atoms with Gasteiger partial charge in [0.2, 0.25) is 5.91 Å². The highest BCUT2D eigenvalue weighted by molar-refractivity contribution is 7.13. The van der Waals surface area contributed by atoms with Crippen molar-refractivity contribution in [3.05, 3.63) is 41.4 Å². The number of nitrogens with zero attached hydrogens (tertiary/aromatic N) is 2. The van der Waals surface area contributed by atoms with Crippen LogP contribution in [0.1, 0.15) is 19.5 Å². The molecule has 2 atom stereocenters. The van der Waals surface area contributed by atoms with Gasteiger partial charge in [-0.1, -0.05) is 30.3 Å². The molecule has 0 N–H and O–H groups in total. The number of thiazole rings is 1. The average molecular weight is 316 g/mol. The number of hydrogen-bond donors (Lipinski definition) is 0. The molecule has 3 rings (SSSR count). The standard InChI is InChI=1S/C17H20N2O2S/c1-12-9-19(10-13(2)21-12)16(20)8-15-11-22-17(18-15)14-6-4-3-5-7-14/h3-7,11-13H,8-10H2,1-2H3/t12-,13+. The van der Waals surface area contributed by atoms with E-state index in [0.717, 1.165) is 16.3 Å². The summed E-state index contributed by atoms with van der Waals surface area (Å²) in [6.07, 6.45) is 0.564. The largest absolute Gasteiger partial charge is 0.372 e. The van der Waals surface area contributed by atoms with Crippen molar-refractivity contribution < 1.29 is 9.53 Å². The van der Waals surface area contributed by atoms with Crippen LogP contribution >= 0.6 is 11.3 Å². The van der Waals surface area contributed by atoms with E-state index in [1.165, 1.54) is 0 Å². The van der Waals surface area contributed by atoms with Crippen LogP contribution in [-0.2, 0) is 16.0 Å². The van der Waals surface area contributed by atoms with Gasteiger partial charge in [0.05, 0.1) is 24.3 Å². The predicted octanol–water partition coefficient (Wildman–Crippen LogP) is 2.99. The van der Waals surface area contributed by atoms with Crippen molar-refractivity contribution >= 4 is 17.2 Å². The molecule has 1 aromatic heterocycles. The molecule has 5 heteroatoms. The number of benzene rings is 1. The van der Waals surface area contributed by atoms with Gasteiger partial charge in [-0.05, 0) is 13.8 Å². The molecule has 22 heavy (non-hydrogen) atoms. The maximum atomic E-state index is 12.4. The van der Waals surface area contributed by atoms with Gasteiger partial charge < -0.3 is 9.64 Å². The van der Waals surface area contributed by atoms with Crippen LogP contribution in [-0.4, -0.2) is 41.1 Å². The van der Waals surface area contributed by atoms with Gasteiger partial charge in [0.15, 0.2) is 0 Å². The lowest BCUT2D eigenvalue weighted by Gasteiger charge is -2.35. The van der Waals surface area contributed by atoms with E-state index in [9.17, 15) is 4.79 Å². The minimum Gasteiger partial charge on any atom is -0.372 e. The Morgan fingerprint density at radius 2 is 1.95 bits per heavy atom. The van der Waals surface area contributed by atoms with Gasteiger partial charge in [0, 0.05) is 24.0 Å². The summed E-state index contributed by atoms with van der Waals surface area (Å²) in [5.41, 5.74) is 1.94. The molecule has 2 heterocycles. The van der Waals surface area contributed by atoms with Crippen LogP contribution < -0.4 is 0 Å². The normalized spacial score (nSPS) is 21.8. The molecule has 0 aliphatic carbocycles. The van der Waals surface area contributed by atoms with Crippen LogP contribution in [0.25, 0.3) is 10.6 Å². The topological polar surface area (TPSA) is 42.4 Å². The van der Waals surface area contributed by atoms with Crippen LogP contribution in [0.5, 0.6) is 0 Å². The van der Waals surface area contributed by atoms with Gasteiger partial charge in [-0.15, -0.1) is 11.3 Å². The van der Waals surface area contributed by atoms with E-state index in [0.29, 0.717) is 19.5 Å². The summed E-state index contributed by atoms with van der Waals surface area (Å²) in [5, 5.41) is 2.94. The number of rotatable bonds is 3. The monoisotopic (exact) mass is 316 g/mol. The molecular formula is C17H20N2O2S. The van der Waals surface area contributed by atoms with E-state index in [-0.39, 0.29) is 18.1 Å². The van der Waals surface area contributed by atoms with E-state index in [2.05, 4.69) is 4.98 Å². The second kappa shape index (κ2) is 6.58. The number of carbonyl (C=O) groups excluding carboxylic acids is 1. The summed E-state index contributed by atoms with van der Waals surface area (Å²) in [6.45, 7) is 5.34. The molecule has 4 nitrogen and oxygen atoms in total. The van der Waals surface area contributed by atoms with Gasteiger partial charge in [0.1, 0.15) is 5.01 Å². The highest BCUT2D eigenvalue weighted by Gasteiger charge is 2.26. The van der Waals surface area contributed by atoms with Crippen molar-refractivity contribution in [2.24, 2.45) is 0 Å². The third-order valence-electron chi connectivity index (χ3n) is 3.68. The Hall–Kier alpha value is -1.72. The minimum absolute atomic E-state index is 0.100. The summed E-state index contributed by atoms with van der Waals surface area (Å²) in [6, 6.07) is 10.1. The van der Waals surface area contributed by atoms with Crippen molar-refractivity contribution in [1.29, 1.82) is 0 Å². The van der Waals surface area contributed by atoms with Crippen LogP contribution in [0.2, 0.25) is 0 Å². The lowest BCUT2D eigenvalue weighted by molar-refractivity contribution is -0.142. The van der Waals surface area contributed by atoms with E-state index >= 15 is 0 Å². The van der Waals surface area contributed by atoms with Crippen LogP contribution in [0.15, 0.2) is 35.7 Å². The van der Waals surface area contributed by atoms with Gasteiger partial charge in [-0.2, -0.15) is 0 Å². The molecule has 1 aliphatic heterocycles. The Balaban J connectivity index is 1.66. The molecule has 0 radical (unpaired) electrons. The summed E-state index contributed by atoms with van der Waals surface area (Å²) < 4.78 is 5.67. The molecular weight excluding hydrogens is 296 g/mol. The minimum atomic E-state index is 0.100. The zero-order chi connectivity index (χ0) is 15.5. The van der Waals surface area contributed by atoms with Crippen LogP contribution in [0.4, 0.5) is 0 Å². The zero-order valence-corrected chi connectivity index (χ0v) is 13.7. The molecule has 1 aromatic carbocycles. The number of morpholine rings is 1. The van der Waals surface area contributed by atoms with Crippen molar-refractivity contribution in [3.8, 4) is 10.6 Å². The number of amides is 1. The lowest BCUT2D eigenvalue weighted by Crippen LogP contribution is -2.48. The fourth-order valence-electron chi connectivity index (χ4n) is 2.75. The second-order valence-electron chi connectivity index (χ2n) is 5.74. The van der Waals surface area contributed by atoms with E-state index in [1.54, 1.807) is 11.3 Å². The summed E-state index contributed by atoms with van der Waals surface area (Å²) in [7, 11) is 0. The maximum absolute atomic E-state index is 12.4. The highest BCUT2D eigenvalue weighted by Crippen LogP contribution is 2.24. The van der Waals surface area contributed by atoms with E-state index < -0.39 is 0 Å². The number of carbonyl (C=O) groups is 1. The summed E-state index contributed by atoms with van der Waals surface area (Å²) >= 11 is 1.59. The maximum Gasteiger partial charge on any atom is 0.228 e. The number of aromatic nitrogens is 1. The molecule has 0 saturated carbocycles. The first-order valence-electron chi connectivity index (χ1n) is 7.55. The molecule has 1 amide bonds. The highest BCUT2D eigenvalue weighted by atomic mass is 32.1. The average Bonchev–Trinajstić information content (AvgIpc) is 2.95. The van der Waals surface area contributed by atoms with Crippen LogP contribution in [0.3, 0.4) is 0 Å². The second-order valence-corrected chi connectivity index (χ2v) is 6.60. The molecule has 1 fully saturated rings. The first-order valence-corrected chi connectivity index (χ1v) is 8.43. The molecule has 0 bridgehead atoms. The summed E-state index contributed by atoms with van der Waals surface area (Å²) in [5.74, 6) is 0.131. The fraction of sp³-hybridized carbons (Fsp3) is 0.412. The third-order valence-corrected chi connectivity index (χ3v) is 4.62. The molecule has 0 spiro atoms. The smallest absolute Gasteiger partial charge is 0.228 e. The SMILES string of the molecule is C[C@@H]1CN(C(=O)Cc2csc(-c3ccccc3)n2)C[C@H](C)O1. The van der Waals surface area contributed by atoms with Crippen LogP contribution in [0, 0.1) is 0 Å². The Bertz CT molecular complexity index is 631. The zero-order valence-electron chi connectivity index (χ0n) is 12.9. The third kappa shape index (κ3) is 3.54. The first kappa shape index (κ1) is 15.2. The van der Waals surface area contributed by atoms with E-state index in [1.807, 2.05) is 54.5 Å². The van der Waals surface area contributed by atoms with Gasteiger partial charge in [0.25, 0.3) is 0 Å². The predicted molar refractivity (Wildman–Crippen MR) is 87.8 cm³/mol. The van der Waals surface area contributed by atoms with Crippen molar-refractivity contribution in [2.75, 3.05) is 13.1 Å². The number of hydrogen-bond acceptors (Lipinski definition) is 4. The number of ether oxygens (including phenoxy) is 1. The Morgan fingerprint density at radius 3 is 2.64 bits per heavy atom. The molecule has 116 valence electrons. The van der Waals surface area contributed by atoms with Crippen molar-refractivity contribution in [1.82, 2.24) is 9.88 Å². The molecule has 1 saturated heterocycles. The Labute approximate surface area is 134 Å².